The largest absolute Gasteiger partial charge is 0.336 e. The lowest BCUT2D eigenvalue weighted by molar-refractivity contribution is -0.134. The molecule has 0 aromatic heterocycles. The molecule has 0 unspecified atom stereocenters. The topological polar surface area (TPSA) is 57.7 Å². The molecule has 120 valence electrons. The zero-order valence-corrected chi connectivity index (χ0v) is 13.2. The third-order valence-corrected chi connectivity index (χ3v) is 6.17. The van der Waals surface area contributed by atoms with E-state index >= 15 is 0 Å². The Labute approximate surface area is 129 Å². The van der Waals surface area contributed by atoms with Gasteiger partial charge >= 0.3 is 0 Å². The Kier molecular flexibility index (Phi) is 3.94. The number of benzene rings is 1. The van der Waals surface area contributed by atoms with Crippen molar-refractivity contribution in [3.63, 3.8) is 0 Å². The fraction of sp³-hybridized carbons (Fsp3) is 0.533. The monoisotopic (exact) mass is 326 g/mol. The molecule has 22 heavy (non-hydrogen) atoms. The maximum atomic E-state index is 13.3. The number of piperazine rings is 1. The Hall–Kier alpha value is -1.47. The molecule has 0 radical (unpaired) electrons. The number of hydrogen-bond acceptors (Lipinski definition) is 4. The quantitative estimate of drug-likeness (QED) is 0.801. The summed E-state index contributed by atoms with van der Waals surface area (Å²) in [5, 5.41) is 0. The molecule has 0 aliphatic carbocycles. The maximum absolute atomic E-state index is 13.3. The van der Waals surface area contributed by atoms with Crippen molar-refractivity contribution in [2.45, 2.75) is 25.6 Å². The third kappa shape index (κ3) is 3.01. The summed E-state index contributed by atoms with van der Waals surface area (Å²) in [5.74, 6) is -0.291. The number of fused-ring (bicyclic) bond motifs is 1. The van der Waals surface area contributed by atoms with Crippen LogP contribution in [0.3, 0.4) is 0 Å². The summed E-state index contributed by atoms with van der Waals surface area (Å²) >= 11 is 0. The van der Waals surface area contributed by atoms with Gasteiger partial charge in [0.05, 0.1) is 17.5 Å². The van der Waals surface area contributed by atoms with Gasteiger partial charge < -0.3 is 4.90 Å². The fourth-order valence-corrected chi connectivity index (χ4v) is 5.49. The van der Waals surface area contributed by atoms with Gasteiger partial charge in [-0.1, -0.05) is 12.1 Å². The highest BCUT2D eigenvalue weighted by molar-refractivity contribution is 7.91. The molecule has 1 amide bonds. The van der Waals surface area contributed by atoms with Crippen LogP contribution < -0.4 is 0 Å². The molecule has 0 saturated carbocycles. The molecule has 2 heterocycles. The minimum absolute atomic E-state index is 0.0247. The Bertz CT molecular complexity index is 692. The summed E-state index contributed by atoms with van der Waals surface area (Å²) in [6.45, 7) is 3.10. The number of carbonyl (C=O) groups is 1. The highest BCUT2D eigenvalue weighted by Crippen LogP contribution is 2.28. The van der Waals surface area contributed by atoms with Crippen LogP contribution in [0.5, 0.6) is 0 Å². The van der Waals surface area contributed by atoms with Crippen LogP contribution in [-0.2, 0) is 21.2 Å². The molecule has 0 bridgehead atoms. The van der Waals surface area contributed by atoms with E-state index in [9.17, 15) is 17.6 Å². The summed E-state index contributed by atoms with van der Waals surface area (Å²) in [7, 11) is -3.14. The highest BCUT2D eigenvalue weighted by Gasteiger charge is 2.47. The molecule has 7 heteroatoms. The average Bonchev–Trinajstić information content (AvgIpc) is 2.74. The van der Waals surface area contributed by atoms with E-state index in [1.54, 1.807) is 11.0 Å². The molecule has 2 atom stereocenters. The summed E-state index contributed by atoms with van der Waals surface area (Å²) in [4.78, 5) is 15.4. The Balaban J connectivity index is 1.83. The van der Waals surface area contributed by atoms with Crippen LogP contribution in [0, 0.1) is 5.82 Å². The Morgan fingerprint density at radius 1 is 1.27 bits per heavy atom. The van der Waals surface area contributed by atoms with Crippen molar-refractivity contribution in [1.82, 2.24) is 9.80 Å². The van der Waals surface area contributed by atoms with Crippen molar-refractivity contribution in [1.29, 1.82) is 0 Å². The Morgan fingerprint density at radius 3 is 2.68 bits per heavy atom. The molecule has 2 fully saturated rings. The first-order valence-electron chi connectivity index (χ1n) is 7.32. The van der Waals surface area contributed by atoms with Crippen LogP contribution in [0.1, 0.15) is 12.5 Å². The molecule has 2 aliphatic heterocycles. The lowest BCUT2D eigenvalue weighted by atomic mass is 10.0. The van der Waals surface area contributed by atoms with E-state index in [-0.39, 0.29) is 35.3 Å². The van der Waals surface area contributed by atoms with Gasteiger partial charge in [-0.05, 0) is 17.7 Å². The SMILES string of the molecule is CC(=O)N1CCN(Cc2cccc(F)c2)[C@H]2CS(=O)(=O)C[C@H]21. The highest BCUT2D eigenvalue weighted by atomic mass is 32.2. The van der Waals surface area contributed by atoms with Crippen molar-refractivity contribution in [2.24, 2.45) is 0 Å². The number of nitrogens with zero attached hydrogens (tertiary/aromatic N) is 2. The molecular weight excluding hydrogens is 307 g/mol. The summed E-state index contributed by atoms with van der Waals surface area (Å²) < 4.78 is 37.3. The summed E-state index contributed by atoms with van der Waals surface area (Å²) in [6, 6.07) is 5.85. The van der Waals surface area contributed by atoms with E-state index < -0.39 is 9.84 Å². The minimum Gasteiger partial charge on any atom is -0.336 e. The first-order chi connectivity index (χ1) is 10.4. The molecule has 1 aromatic rings. The molecule has 0 N–H and O–H groups in total. The van der Waals surface area contributed by atoms with E-state index in [0.29, 0.717) is 19.6 Å². The number of amides is 1. The van der Waals surface area contributed by atoms with Gasteiger partial charge in [0.25, 0.3) is 0 Å². The van der Waals surface area contributed by atoms with Gasteiger partial charge in [0, 0.05) is 32.6 Å². The van der Waals surface area contributed by atoms with Gasteiger partial charge in [-0.2, -0.15) is 0 Å². The predicted molar refractivity (Wildman–Crippen MR) is 80.4 cm³/mol. The first kappa shape index (κ1) is 15.4. The van der Waals surface area contributed by atoms with Gasteiger partial charge in [0.1, 0.15) is 5.82 Å². The molecular formula is C15H19FN2O3S. The molecule has 2 aliphatic rings. The minimum atomic E-state index is -3.14. The number of carbonyl (C=O) groups excluding carboxylic acids is 1. The maximum Gasteiger partial charge on any atom is 0.219 e. The number of hydrogen-bond donors (Lipinski definition) is 0. The van der Waals surface area contributed by atoms with Gasteiger partial charge in [0.15, 0.2) is 9.84 Å². The lowest BCUT2D eigenvalue weighted by Crippen LogP contribution is -2.59. The van der Waals surface area contributed by atoms with E-state index in [1.807, 2.05) is 6.07 Å². The second-order valence-electron chi connectivity index (χ2n) is 6.02. The number of rotatable bonds is 2. The second kappa shape index (κ2) is 5.62. The summed E-state index contributed by atoms with van der Waals surface area (Å²) in [5.41, 5.74) is 0.819. The smallest absolute Gasteiger partial charge is 0.219 e. The molecule has 5 nitrogen and oxygen atoms in total. The van der Waals surface area contributed by atoms with Gasteiger partial charge in [-0.15, -0.1) is 0 Å². The molecule has 0 spiro atoms. The zero-order valence-electron chi connectivity index (χ0n) is 12.4. The number of sulfone groups is 1. The van der Waals surface area contributed by atoms with Gasteiger partial charge in [-0.25, -0.2) is 12.8 Å². The van der Waals surface area contributed by atoms with E-state index in [0.717, 1.165) is 5.56 Å². The van der Waals surface area contributed by atoms with Crippen LogP contribution in [0.2, 0.25) is 0 Å². The fourth-order valence-electron chi connectivity index (χ4n) is 3.48. The van der Waals surface area contributed by atoms with Crippen LogP contribution in [0.4, 0.5) is 4.39 Å². The summed E-state index contributed by atoms with van der Waals surface area (Å²) in [6.07, 6.45) is 0. The van der Waals surface area contributed by atoms with Crippen molar-refractivity contribution in [3.8, 4) is 0 Å². The van der Waals surface area contributed by atoms with Crippen LogP contribution in [0.15, 0.2) is 24.3 Å². The van der Waals surface area contributed by atoms with Crippen molar-refractivity contribution < 1.29 is 17.6 Å². The average molecular weight is 326 g/mol. The third-order valence-electron chi connectivity index (χ3n) is 4.47. The molecule has 1 aromatic carbocycles. The van der Waals surface area contributed by atoms with E-state index in [2.05, 4.69) is 4.90 Å². The van der Waals surface area contributed by atoms with Crippen LogP contribution >= 0.6 is 0 Å². The second-order valence-corrected chi connectivity index (χ2v) is 8.18. The predicted octanol–water partition coefficient (Wildman–Crippen LogP) is 0.655. The Morgan fingerprint density at radius 2 is 2.00 bits per heavy atom. The lowest BCUT2D eigenvalue weighted by Gasteiger charge is -2.43. The van der Waals surface area contributed by atoms with Crippen molar-refractivity contribution in [3.05, 3.63) is 35.6 Å². The van der Waals surface area contributed by atoms with E-state index in [1.165, 1.54) is 19.1 Å². The van der Waals surface area contributed by atoms with E-state index in [4.69, 9.17) is 0 Å². The van der Waals surface area contributed by atoms with Crippen LogP contribution in [0.25, 0.3) is 0 Å². The van der Waals surface area contributed by atoms with Crippen molar-refractivity contribution in [2.75, 3.05) is 24.6 Å². The van der Waals surface area contributed by atoms with Crippen LogP contribution in [-0.4, -0.2) is 60.8 Å². The van der Waals surface area contributed by atoms with Gasteiger partial charge in [-0.3, -0.25) is 9.69 Å². The van der Waals surface area contributed by atoms with Gasteiger partial charge in [0.2, 0.25) is 5.91 Å². The first-order valence-corrected chi connectivity index (χ1v) is 9.14. The number of halogens is 1. The van der Waals surface area contributed by atoms with Crippen molar-refractivity contribution >= 4 is 15.7 Å². The standard InChI is InChI=1S/C15H19FN2O3S/c1-11(19)18-6-5-17(8-12-3-2-4-13(16)7-12)14-9-22(20,21)10-15(14)18/h2-4,7,14-15H,5-6,8-10H2,1H3/t14-,15+/m0/s1. The zero-order chi connectivity index (χ0) is 15.9. The molecule has 2 saturated heterocycles. The normalized spacial score (nSPS) is 27.6. The molecule has 3 rings (SSSR count).